The van der Waals surface area contributed by atoms with Gasteiger partial charge in [-0.2, -0.15) is 5.10 Å². The highest BCUT2D eigenvalue weighted by Crippen LogP contribution is 2.50. The van der Waals surface area contributed by atoms with E-state index < -0.39 is 0 Å². The van der Waals surface area contributed by atoms with Crippen molar-refractivity contribution in [2.45, 2.75) is 19.4 Å². The average Bonchev–Trinajstić information content (AvgIpc) is 3.60. The van der Waals surface area contributed by atoms with Gasteiger partial charge in [0.15, 0.2) is 18.1 Å². The molecule has 11 heteroatoms. The Morgan fingerprint density at radius 1 is 0.976 bits per heavy atom. The summed E-state index contributed by atoms with van der Waals surface area (Å²) in [5, 5.41) is 14.1. The molecule has 3 aromatic carbocycles. The third-order valence-electron chi connectivity index (χ3n) is 7.07. The number of hydrogen-bond acceptors (Lipinski definition) is 8. The zero-order valence-corrected chi connectivity index (χ0v) is 23.4. The smallest absolute Gasteiger partial charge is 0.230 e. The van der Waals surface area contributed by atoms with E-state index in [0.717, 1.165) is 39.4 Å². The number of rotatable bonds is 7. The van der Waals surface area contributed by atoms with Crippen LogP contribution in [0.5, 0.6) is 17.5 Å². The normalized spacial score (nSPS) is 14.0. The summed E-state index contributed by atoms with van der Waals surface area (Å²) in [7, 11) is 1.63. The summed E-state index contributed by atoms with van der Waals surface area (Å²) >= 11 is 6.80. The quantitative estimate of drug-likeness (QED) is 0.166. The number of fused-ring (bicyclic) bond motifs is 4. The molecule has 208 valence electrons. The van der Waals surface area contributed by atoms with Crippen LogP contribution in [0.1, 0.15) is 39.7 Å². The minimum atomic E-state index is -0.350. The number of benzene rings is 3. The molecule has 7 rings (SSSR count). The van der Waals surface area contributed by atoms with E-state index in [1.165, 1.54) is 0 Å². The molecule has 0 spiro atoms. The van der Waals surface area contributed by atoms with Crippen molar-refractivity contribution in [1.29, 1.82) is 0 Å². The summed E-state index contributed by atoms with van der Waals surface area (Å²) in [6, 6.07) is 25.1. The van der Waals surface area contributed by atoms with Crippen LogP contribution >= 0.6 is 11.6 Å². The predicted octanol–water partition coefficient (Wildman–Crippen LogP) is 6.12. The van der Waals surface area contributed by atoms with E-state index in [1.807, 2.05) is 85.8 Å². The molecule has 1 atom stereocenters. The van der Waals surface area contributed by atoms with E-state index in [4.69, 9.17) is 36.0 Å². The van der Waals surface area contributed by atoms with E-state index in [2.05, 4.69) is 15.2 Å². The van der Waals surface area contributed by atoms with Crippen LogP contribution in [0.4, 0.5) is 0 Å². The lowest BCUT2D eigenvalue weighted by Gasteiger charge is -2.27. The summed E-state index contributed by atoms with van der Waals surface area (Å²) in [6.07, 6.45) is 3.20. The third-order valence-corrected chi connectivity index (χ3v) is 7.41. The van der Waals surface area contributed by atoms with Gasteiger partial charge in [0, 0.05) is 5.02 Å². The number of halogens is 1. The first-order valence-corrected chi connectivity index (χ1v) is 13.6. The minimum absolute atomic E-state index is 0.0664. The van der Waals surface area contributed by atoms with Gasteiger partial charge in [0.05, 0.1) is 41.8 Å². The molecule has 1 aliphatic rings. The monoisotopic (exact) mass is 577 g/mol. The molecule has 1 aliphatic heterocycles. The second-order valence-corrected chi connectivity index (χ2v) is 10.1. The van der Waals surface area contributed by atoms with Gasteiger partial charge in [0.25, 0.3) is 0 Å². The fourth-order valence-electron chi connectivity index (χ4n) is 5.13. The number of methoxy groups -OCH3 is 1. The van der Waals surface area contributed by atoms with Gasteiger partial charge >= 0.3 is 0 Å². The number of para-hydroxylation sites is 1. The van der Waals surface area contributed by atoms with Crippen molar-refractivity contribution in [3.8, 4) is 23.2 Å². The maximum Gasteiger partial charge on any atom is 0.230 e. The molecule has 0 saturated carbocycles. The number of aryl methyl sites for hydroxylation is 1. The number of ether oxygens (including phenoxy) is 2. The highest BCUT2D eigenvalue weighted by atomic mass is 35.5. The highest BCUT2D eigenvalue weighted by Gasteiger charge is 2.38. The Bertz CT molecular complexity index is 1930. The highest BCUT2D eigenvalue weighted by molar-refractivity contribution is 6.31. The molecule has 0 aliphatic carbocycles. The Balaban J connectivity index is 1.28. The molecule has 42 heavy (non-hydrogen) atoms. The molecule has 0 N–H and O–H groups in total. The van der Waals surface area contributed by atoms with Crippen molar-refractivity contribution in [2.24, 2.45) is 5.16 Å². The standard InChI is InChI=1S/C31H24ClN7O3/c1-19-26-27(23-10-6-7-11-24(23)32)28-29-35-25(17-41-34-16-20-12-14-22(40-2)15-13-20)37-38(29)18-33-30(28)42-31(26)39(36-19)21-8-4-3-5-9-21/h3-16,18,27H,17H2,1-2H3/b34-16-. The predicted molar refractivity (Wildman–Crippen MR) is 157 cm³/mol. The van der Waals surface area contributed by atoms with Gasteiger partial charge in [-0.1, -0.05) is 53.2 Å². The van der Waals surface area contributed by atoms with Crippen molar-refractivity contribution in [3.05, 3.63) is 124 Å². The first-order valence-electron chi connectivity index (χ1n) is 13.2. The van der Waals surface area contributed by atoms with Crippen molar-refractivity contribution >= 4 is 23.5 Å². The van der Waals surface area contributed by atoms with Crippen molar-refractivity contribution in [3.63, 3.8) is 0 Å². The van der Waals surface area contributed by atoms with Crippen molar-refractivity contribution in [2.75, 3.05) is 7.11 Å². The number of aromatic nitrogens is 6. The first-order chi connectivity index (χ1) is 20.6. The lowest BCUT2D eigenvalue weighted by atomic mass is 9.84. The van der Waals surface area contributed by atoms with E-state index in [-0.39, 0.29) is 12.5 Å². The molecule has 4 heterocycles. The van der Waals surface area contributed by atoms with Gasteiger partial charge in [-0.05, 0) is 60.5 Å². The maximum absolute atomic E-state index is 6.80. The van der Waals surface area contributed by atoms with Crippen LogP contribution in [0.2, 0.25) is 5.02 Å². The Hall–Kier alpha value is -5.22. The van der Waals surface area contributed by atoms with E-state index in [1.54, 1.807) is 28.8 Å². The van der Waals surface area contributed by atoms with E-state index >= 15 is 0 Å². The Morgan fingerprint density at radius 2 is 1.76 bits per heavy atom. The Morgan fingerprint density at radius 3 is 2.55 bits per heavy atom. The Kier molecular flexibility index (Phi) is 6.52. The summed E-state index contributed by atoms with van der Waals surface area (Å²) in [5.41, 5.74) is 5.66. The van der Waals surface area contributed by atoms with Gasteiger partial charge < -0.3 is 14.3 Å². The van der Waals surface area contributed by atoms with Gasteiger partial charge in [-0.25, -0.2) is 19.2 Å². The summed E-state index contributed by atoms with van der Waals surface area (Å²) < 4.78 is 15.1. The molecule has 6 aromatic rings. The third kappa shape index (κ3) is 4.51. The van der Waals surface area contributed by atoms with Crippen molar-refractivity contribution < 1.29 is 14.3 Å². The molecule has 0 bridgehead atoms. The molecule has 0 saturated heterocycles. The molecule has 0 amide bonds. The summed E-state index contributed by atoms with van der Waals surface area (Å²) in [6.45, 7) is 2.03. The SMILES string of the molecule is COc1ccc(/C=N\OCc2nc3c4c(ncn3n2)Oc2c(c(C)nn2-c2ccccc2)C4c2ccccc2Cl)cc1. The average molecular weight is 578 g/mol. The minimum Gasteiger partial charge on any atom is -0.497 e. The fraction of sp³-hybridized carbons (Fsp3) is 0.129. The second-order valence-electron chi connectivity index (χ2n) is 9.65. The van der Waals surface area contributed by atoms with Crippen LogP contribution < -0.4 is 9.47 Å². The molecule has 10 nitrogen and oxygen atoms in total. The Labute approximate surface area is 245 Å². The topological polar surface area (TPSA) is 101 Å². The largest absolute Gasteiger partial charge is 0.497 e. The molecule has 3 aromatic heterocycles. The van der Waals surface area contributed by atoms with Gasteiger partial charge in [-0.15, -0.1) is 5.10 Å². The van der Waals surface area contributed by atoms with Gasteiger partial charge in [-0.3, -0.25) is 0 Å². The molecule has 1 unspecified atom stereocenters. The first kappa shape index (κ1) is 25.7. The lowest BCUT2D eigenvalue weighted by Crippen LogP contribution is -2.16. The zero-order valence-electron chi connectivity index (χ0n) is 22.7. The molecular weight excluding hydrogens is 554 g/mol. The second kappa shape index (κ2) is 10.6. The van der Waals surface area contributed by atoms with Gasteiger partial charge in [0.1, 0.15) is 12.1 Å². The van der Waals surface area contributed by atoms with Crippen LogP contribution in [0.15, 0.2) is 90.3 Å². The number of oxime groups is 1. The number of hydrogen-bond donors (Lipinski definition) is 0. The summed E-state index contributed by atoms with van der Waals surface area (Å²) in [5.74, 6) is 1.86. The van der Waals surface area contributed by atoms with Gasteiger partial charge in [0.2, 0.25) is 11.8 Å². The van der Waals surface area contributed by atoms with E-state index in [0.29, 0.717) is 28.3 Å². The fourth-order valence-corrected chi connectivity index (χ4v) is 5.38. The van der Waals surface area contributed by atoms with E-state index in [9.17, 15) is 0 Å². The lowest BCUT2D eigenvalue weighted by molar-refractivity contribution is 0.126. The zero-order chi connectivity index (χ0) is 28.6. The summed E-state index contributed by atoms with van der Waals surface area (Å²) in [4.78, 5) is 15.0. The molecule has 0 fully saturated rings. The van der Waals surface area contributed by atoms with Crippen LogP contribution in [0, 0.1) is 6.92 Å². The maximum atomic E-state index is 6.80. The molecular formula is C31H24ClN7O3. The number of nitrogens with zero attached hydrogens (tertiary/aromatic N) is 7. The van der Waals surface area contributed by atoms with Crippen LogP contribution in [0.25, 0.3) is 11.3 Å². The van der Waals surface area contributed by atoms with Crippen LogP contribution in [0.3, 0.4) is 0 Å². The van der Waals surface area contributed by atoms with Crippen LogP contribution in [-0.4, -0.2) is 42.7 Å². The van der Waals surface area contributed by atoms with Crippen molar-refractivity contribution in [1.82, 2.24) is 29.4 Å². The van der Waals surface area contributed by atoms with Crippen LogP contribution in [-0.2, 0) is 11.4 Å². The molecule has 0 radical (unpaired) electrons.